The first kappa shape index (κ1) is 21.4. The Morgan fingerprint density at radius 1 is 1.23 bits per heavy atom. The number of carbonyl (C=O) groups is 2. The Bertz CT molecular complexity index is 1060. The van der Waals surface area contributed by atoms with Crippen molar-refractivity contribution in [3.05, 3.63) is 46.7 Å². The van der Waals surface area contributed by atoms with Gasteiger partial charge in [-0.1, -0.05) is 0 Å². The summed E-state index contributed by atoms with van der Waals surface area (Å²) in [5.74, 6) is 0.609. The molecule has 8 nitrogen and oxygen atoms in total. The number of likely N-dealkylation sites (tertiary alicyclic amines) is 1. The van der Waals surface area contributed by atoms with Crippen LogP contribution in [0.5, 0.6) is 0 Å². The van der Waals surface area contributed by atoms with E-state index in [9.17, 15) is 9.59 Å². The zero-order valence-corrected chi connectivity index (χ0v) is 19.1. The molecule has 0 bridgehead atoms. The van der Waals surface area contributed by atoms with E-state index in [2.05, 4.69) is 15.0 Å². The molecule has 0 aromatic carbocycles. The van der Waals surface area contributed by atoms with Crippen molar-refractivity contribution >= 4 is 28.1 Å². The fraction of sp³-hybridized carbons (Fsp3) is 0.500. The Morgan fingerprint density at radius 2 is 2.03 bits per heavy atom. The van der Waals surface area contributed by atoms with E-state index in [1.807, 2.05) is 47.8 Å². The summed E-state index contributed by atoms with van der Waals surface area (Å²) in [5.41, 5.74) is 1.96. The second-order valence-electron chi connectivity index (χ2n) is 7.81. The molecule has 0 aliphatic carbocycles. The number of aromatic nitrogens is 4. The van der Waals surface area contributed by atoms with Gasteiger partial charge >= 0.3 is 0 Å². The van der Waals surface area contributed by atoms with Crippen molar-refractivity contribution < 1.29 is 9.59 Å². The van der Waals surface area contributed by atoms with E-state index in [1.165, 1.54) is 0 Å². The van der Waals surface area contributed by atoms with Crippen LogP contribution in [-0.2, 0) is 11.2 Å². The maximum Gasteiger partial charge on any atom is 0.257 e. The number of piperidine rings is 1. The van der Waals surface area contributed by atoms with Crippen molar-refractivity contribution in [2.24, 2.45) is 0 Å². The van der Waals surface area contributed by atoms with Crippen molar-refractivity contribution in [3.8, 4) is 0 Å². The third-order valence-electron chi connectivity index (χ3n) is 5.88. The number of nitrogens with zero attached hydrogens (tertiary/aromatic N) is 6. The molecule has 0 saturated carbocycles. The van der Waals surface area contributed by atoms with E-state index in [1.54, 1.807) is 22.4 Å². The fourth-order valence-corrected chi connectivity index (χ4v) is 4.87. The number of aryl methyl sites for hydroxylation is 1. The average Bonchev–Trinajstić information content (AvgIpc) is 3.36. The summed E-state index contributed by atoms with van der Waals surface area (Å²) in [6.45, 7) is 7.74. The SMILES string of the molecule is CCN(CC)C(=O)c1cnc([C@H]2CCCCN2C(=O)Cc2cn3ccsc3n2)nc1C. The van der Waals surface area contributed by atoms with E-state index in [0.29, 0.717) is 36.7 Å². The van der Waals surface area contributed by atoms with Crippen molar-refractivity contribution in [1.29, 1.82) is 0 Å². The van der Waals surface area contributed by atoms with Crippen LogP contribution in [-0.4, -0.2) is 60.6 Å². The van der Waals surface area contributed by atoms with Gasteiger partial charge in [0.25, 0.3) is 5.91 Å². The largest absolute Gasteiger partial charge is 0.339 e. The number of hydrogen-bond donors (Lipinski definition) is 0. The van der Waals surface area contributed by atoms with Gasteiger partial charge < -0.3 is 9.80 Å². The minimum Gasteiger partial charge on any atom is -0.339 e. The minimum atomic E-state index is -0.165. The lowest BCUT2D eigenvalue weighted by Crippen LogP contribution is -2.40. The summed E-state index contributed by atoms with van der Waals surface area (Å²) >= 11 is 1.55. The van der Waals surface area contributed by atoms with E-state index in [-0.39, 0.29) is 24.3 Å². The van der Waals surface area contributed by atoms with Crippen molar-refractivity contribution in [2.75, 3.05) is 19.6 Å². The van der Waals surface area contributed by atoms with Crippen LogP contribution in [0.4, 0.5) is 0 Å². The highest BCUT2D eigenvalue weighted by Crippen LogP contribution is 2.30. The van der Waals surface area contributed by atoms with Crippen LogP contribution in [0.3, 0.4) is 0 Å². The smallest absolute Gasteiger partial charge is 0.257 e. The number of imidazole rings is 1. The summed E-state index contributed by atoms with van der Waals surface area (Å²) in [7, 11) is 0. The third-order valence-corrected chi connectivity index (χ3v) is 6.65. The highest BCUT2D eigenvalue weighted by molar-refractivity contribution is 7.15. The normalized spacial score (nSPS) is 16.6. The molecule has 3 aromatic rings. The van der Waals surface area contributed by atoms with Gasteiger partial charge in [-0.3, -0.25) is 14.0 Å². The number of carbonyl (C=O) groups excluding carboxylic acids is 2. The Labute approximate surface area is 185 Å². The number of thiazole rings is 1. The molecular formula is C22H28N6O2S. The van der Waals surface area contributed by atoms with Crippen LogP contribution in [0.15, 0.2) is 24.0 Å². The standard InChI is InChI=1S/C22H28N6O2S/c1-4-26(5-2)21(30)17-13-23-20(24-15(17)3)18-8-6-7-9-28(18)19(29)12-16-14-27-10-11-31-22(27)25-16/h10-11,13-14,18H,4-9,12H2,1-3H3/t18-/m1/s1. The number of rotatable bonds is 6. The van der Waals surface area contributed by atoms with Crippen LogP contribution >= 0.6 is 11.3 Å². The first-order valence-corrected chi connectivity index (χ1v) is 11.7. The molecule has 9 heteroatoms. The van der Waals surface area contributed by atoms with Crippen molar-refractivity contribution in [2.45, 2.75) is 52.5 Å². The van der Waals surface area contributed by atoms with Gasteiger partial charge in [0.1, 0.15) is 0 Å². The Kier molecular flexibility index (Phi) is 6.31. The van der Waals surface area contributed by atoms with Crippen molar-refractivity contribution in [1.82, 2.24) is 29.2 Å². The molecule has 1 aliphatic rings. The van der Waals surface area contributed by atoms with Gasteiger partial charge in [0, 0.05) is 43.6 Å². The maximum atomic E-state index is 13.1. The highest BCUT2D eigenvalue weighted by Gasteiger charge is 2.31. The summed E-state index contributed by atoms with van der Waals surface area (Å²) in [5, 5.41) is 1.98. The highest BCUT2D eigenvalue weighted by atomic mass is 32.1. The average molecular weight is 441 g/mol. The molecule has 4 heterocycles. The van der Waals surface area contributed by atoms with Crippen LogP contribution < -0.4 is 0 Å². The zero-order valence-electron chi connectivity index (χ0n) is 18.2. The van der Waals surface area contributed by atoms with Gasteiger partial charge in [-0.25, -0.2) is 15.0 Å². The molecule has 0 radical (unpaired) electrons. The lowest BCUT2D eigenvalue weighted by Gasteiger charge is -2.35. The van der Waals surface area contributed by atoms with Crippen molar-refractivity contribution in [3.63, 3.8) is 0 Å². The van der Waals surface area contributed by atoms with E-state index < -0.39 is 0 Å². The van der Waals surface area contributed by atoms with E-state index in [4.69, 9.17) is 0 Å². The lowest BCUT2D eigenvalue weighted by molar-refractivity contribution is -0.134. The van der Waals surface area contributed by atoms with Gasteiger partial charge in [0.05, 0.1) is 29.4 Å². The number of fused-ring (bicyclic) bond motifs is 1. The van der Waals surface area contributed by atoms with Gasteiger partial charge in [0.2, 0.25) is 5.91 Å². The van der Waals surface area contributed by atoms with E-state index in [0.717, 1.165) is 29.9 Å². The monoisotopic (exact) mass is 440 g/mol. The first-order valence-electron chi connectivity index (χ1n) is 10.8. The summed E-state index contributed by atoms with van der Waals surface area (Å²) < 4.78 is 1.94. The lowest BCUT2D eigenvalue weighted by atomic mass is 10.00. The van der Waals surface area contributed by atoms with Gasteiger partial charge in [0.15, 0.2) is 10.8 Å². The summed E-state index contributed by atoms with van der Waals surface area (Å²) in [4.78, 5) is 44.1. The molecule has 0 unspecified atom stereocenters. The van der Waals surface area contributed by atoms with Crippen LogP contribution in [0, 0.1) is 6.92 Å². The molecule has 1 atom stereocenters. The molecule has 31 heavy (non-hydrogen) atoms. The molecule has 1 aliphatic heterocycles. The maximum absolute atomic E-state index is 13.1. The molecule has 164 valence electrons. The van der Waals surface area contributed by atoms with Crippen LogP contribution in [0.25, 0.3) is 4.96 Å². The molecule has 0 N–H and O–H groups in total. The fourth-order valence-electron chi connectivity index (χ4n) is 4.15. The molecule has 4 rings (SSSR count). The van der Waals surface area contributed by atoms with Gasteiger partial charge in [-0.2, -0.15) is 0 Å². The quantitative estimate of drug-likeness (QED) is 0.587. The third kappa shape index (κ3) is 4.32. The molecule has 2 amide bonds. The zero-order chi connectivity index (χ0) is 22.0. The second kappa shape index (κ2) is 9.13. The molecule has 0 spiro atoms. The Hall–Kier alpha value is -2.81. The predicted molar refractivity (Wildman–Crippen MR) is 119 cm³/mol. The molecule has 3 aromatic heterocycles. The van der Waals surface area contributed by atoms with Crippen LogP contribution in [0.1, 0.15) is 66.7 Å². The van der Waals surface area contributed by atoms with E-state index >= 15 is 0 Å². The Morgan fingerprint density at radius 3 is 2.74 bits per heavy atom. The summed E-state index contributed by atoms with van der Waals surface area (Å²) in [6, 6.07) is -0.165. The van der Waals surface area contributed by atoms with Crippen LogP contribution in [0.2, 0.25) is 0 Å². The number of hydrogen-bond acceptors (Lipinski definition) is 6. The second-order valence-corrected chi connectivity index (χ2v) is 8.68. The predicted octanol–water partition coefficient (Wildman–Crippen LogP) is 3.27. The van der Waals surface area contributed by atoms with Gasteiger partial charge in [-0.05, 0) is 40.0 Å². The minimum absolute atomic E-state index is 0.0417. The molecule has 1 fully saturated rings. The number of amides is 2. The first-order chi connectivity index (χ1) is 15.0. The topological polar surface area (TPSA) is 83.7 Å². The molecular weight excluding hydrogens is 412 g/mol. The van der Waals surface area contributed by atoms with Gasteiger partial charge in [-0.15, -0.1) is 11.3 Å². The molecule has 1 saturated heterocycles. The Balaban J connectivity index is 1.53. The summed E-state index contributed by atoms with van der Waals surface area (Å²) in [6.07, 6.45) is 8.57.